The molecule has 7 heteroatoms. The van der Waals surface area contributed by atoms with Crippen molar-refractivity contribution in [2.24, 2.45) is 0 Å². The lowest BCUT2D eigenvalue weighted by Crippen LogP contribution is -2.38. The second kappa shape index (κ2) is 7.98. The normalized spacial score (nSPS) is 17.0. The van der Waals surface area contributed by atoms with Crippen LogP contribution in [-0.2, 0) is 0 Å². The van der Waals surface area contributed by atoms with E-state index < -0.39 is 0 Å². The Morgan fingerprint density at radius 2 is 2.15 bits per heavy atom. The Morgan fingerprint density at radius 3 is 2.96 bits per heavy atom. The number of aromatic nitrogens is 2. The van der Waals surface area contributed by atoms with Gasteiger partial charge in [-0.25, -0.2) is 9.97 Å². The fourth-order valence-corrected chi connectivity index (χ4v) is 3.45. The summed E-state index contributed by atoms with van der Waals surface area (Å²) in [6.07, 6.45) is 5.09. The Hall–Kier alpha value is -2.57. The van der Waals surface area contributed by atoms with Crippen molar-refractivity contribution < 1.29 is 9.84 Å². The molecule has 0 spiro atoms. The van der Waals surface area contributed by atoms with E-state index in [1.807, 2.05) is 18.2 Å². The molecule has 1 aromatic heterocycles. The van der Waals surface area contributed by atoms with Crippen molar-refractivity contribution >= 4 is 34.0 Å². The molecule has 4 rings (SSSR count). The van der Waals surface area contributed by atoms with Crippen molar-refractivity contribution in [2.75, 3.05) is 18.5 Å². The van der Waals surface area contributed by atoms with Crippen LogP contribution in [0.3, 0.4) is 0 Å². The Bertz CT molecular complexity index is 939. The topological polar surface area (TPSA) is 79.3 Å². The second-order valence-corrected chi connectivity index (χ2v) is 7.03. The number of hydrogen-bond acceptors (Lipinski definition) is 6. The number of piperidine rings is 1. The summed E-state index contributed by atoms with van der Waals surface area (Å²) in [5.41, 5.74) is 1.52. The van der Waals surface area contributed by atoms with E-state index in [0.717, 1.165) is 35.3 Å². The molecule has 3 N–H and O–H groups in total. The molecule has 2 heterocycles. The van der Waals surface area contributed by atoms with Crippen molar-refractivity contribution in [3.8, 4) is 11.5 Å². The molecule has 0 amide bonds. The standard InChI is InChI=1S/C20H21ClN4O2/c21-15-10-13(7-8-17(15)26)25-20-19-16(23-12-24-20)5-3-6-18(19)27-11-14-4-1-2-9-22-14/h3,5-8,10,12,14,22,26H,1-2,4,9,11H2,(H,23,24,25)/t14-/m0/s1. The predicted octanol–water partition coefficient (Wildman–Crippen LogP) is 4.25. The van der Waals surface area contributed by atoms with E-state index in [1.54, 1.807) is 18.2 Å². The van der Waals surface area contributed by atoms with E-state index in [2.05, 4.69) is 20.6 Å². The lowest BCUT2D eigenvalue weighted by atomic mass is 10.1. The van der Waals surface area contributed by atoms with Gasteiger partial charge in [0.1, 0.15) is 30.3 Å². The first kappa shape index (κ1) is 17.8. The minimum atomic E-state index is 0.0405. The van der Waals surface area contributed by atoms with Gasteiger partial charge in [-0.15, -0.1) is 0 Å². The van der Waals surface area contributed by atoms with E-state index in [-0.39, 0.29) is 10.8 Å². The highest BCUT2D eigenvalue weighted by molar-refractivity contribution is 6.32. The Morgan fingerprint density at radius 1 is 1.22 bits per heavy atom. The molecule has 1 aliphatic heterocycles. The van der Waals surface area contributed by atoms with E-state index >= 15 is 0 Å². The summed E-state index contributed by atoms with van der Waals surface area (Å²) in [4.78, 5) is 8.74. The van der Waals surface area contributed by atoms with Crippen LogP contribution in [0.4, 0.5) is 11.5 Å². The number of aromatic hydroxyl groups is 1. The largest absolute Gasteiger partial charge is 0.506 e. The summed E-state index contributed by atoms with van der Waals surface area (Å²) in [7, 11) is 0. The van der Waals surface area contributed by atoms with Crippen molar-refractivity contribution in [2.45, 2.75) is 25.3 Å². The number of hydrogen-bond donors (Lipinski definition) is 3. The number of ether oxygens (including phenoxy) is 1. The van der Waals surface area contributed by atoms with Gasteiger partial charge in [0.2, 0.25) is 0 Å². The summed E-state index contributed by atoms with van der Waals surface area (Å²) in [6, 6.07) is 11.1. The van der Waals surface area contributed by atoms with Crippen LogP contribution in [0.5, 0.6) is 11.5 Å². The summed E-state index contributed by atoms with van der Waals surface area (Å²) >= 11 is 6.01. The molecule has 1 fully saturated rings. The minimum absolute atomic E-state index is 0.0405. The Balaban J connectivity index is 1.63. The summed E-state index contributed by atoms with van der Waals surface area (Å²) in [6.45, 7) is 1.65. The zero-order chi connectivity index (χ0) is 18.6. The number of rotatable bonds is 5. The van der Waals surface area contributed by atoms with Crippen molar-refractivity contribution in [3.05, 3.63) is 47.7 Å². The van der Waals surface area contributed by atoms with Crippen LogP contribution in [0.2, 0.25) is 5.02 Å². The number of fused-ring (bicyclic) bond motifs is 1. The molecule has 1 atom stereocenters. The first-order chi connectivity index (χ1) is 13.2. The lowest BCUT2D eigenvalue weighted by molar-refractivity contribution is 0.241. The molecule has 0 radical (unpaired) electrons. The summed E-state index contributed by atoms with van der Waals surface area (Å²) in [5.74, 6) is 1.42. The van der Waals surface area contributed by atoms with Gasteiger partial charge in [-0.1, -0.05) is 24.1 Å². The SMILES string of the molecule is Oc1ccc(Nc2ncnc3cccc(OC[C@@H]4CCCCN4)c23)cc1Cl. The molecule has 0 saturated carbocycles. The highest BCUT2D eigenvalue weighted by Gasteiger charge is 2.15. The van der Waals surface area contributed by atoms with Gasteiger partial charge in [0, 0.05) is 11.7 Å². The molecule has 27 heavy (non-hydrogen) atoms. The smallest absolute Gasteiger partial charge is 0.145 e. The van der Waals surface area contributed by atoms with Gasteiger partial charge in [-0.05, 0) is 49.7 Å². The third-order valence-corrected chi connectivity index (χ3v) is 4.99. The maximum atomic E-state index is 9.61. The summed E-state index contributed by atoms with van der Waals surface area (Å²) in [5, 5.41) is 17.4. The molecule has 0 unspecified atom stereocenters. The number of benzene rings is 2. The molecule has 6 nitrogen and oxygen atoms in total. The van der Waals surface area contributed by atoms with Crippen LogP contribution in [0.15, 0.2) is 42.7 Å². The van der Waals surface area contributed by atoms with Gasteiger partial charge < -0.3 is 20.5 Å². The number of anilines is 2. The molecular weight excluding hydrogens is 364 g/mol. The number of phenols is 1. The van der Waals surface area contributed by atoms with E-state index in [9.17, 15) is 5.11 Å². The first-order valence-corrected chi connectivity index (χ1v) is 9.44. The molecule has 2 aromatic carbocycles. The highest BCUT2D eigenvalue weighted by Crippen LogP contribution is 2.33. The third-order valence-electron chi connectivity index (χ3n) is 4.69. The van der Waals surface area contributed by atoms with Gasteiger partial charge in [0.05, 0.1) is 15.9 Å². The van der Waals surface area contributed by atoms with Gasteiger partial charge in [-0.2, -0.15) is 0 Å². The summed E-state index contributed by atoms with van der Waals surface area (Å²) < 4.78 is 6.13. The molecule has 140 valence electrons. The quantitative estimate of drug-likeness (QED) is 0.570. The third kappa shape index (κ3) is 4.07. The molecule has 3 aromatic rings. The molecule has 0 aliphatic carbocycles. The van der Waals surface area contributed by atoms with Crippen molar-refractivity contribution in [3.63, 3.8) is 0 Å². The van der Waals surface area contributed by atoms with Gasteiger partial charge in [0.25, 0.3) is 0 Å². The van der Waals surface area contributed by atoms with Crippen LogP contribution in [-0.4, -0.2) is 34.3 Å². The number of phenolic OH excluding ortho intramolecular Hbond substituents is 1. The average Bonchev–Trinajstić information content (AvgIpc) is 2.70. The fraction of sp³-hybridized carbons (Fsp3) is 0.300. The lowest BCUT2D eigenvalue weighted by Gasteiger charge is -2.24. The van der Waals surface area contributed by atoms with Crippen molar-refractivity contribution in [1.29, 1.82) is 0 Å². The van der Waals surface area contributed by atoms with E-state index in [4.69, 9.17) is 16.3 Å². The van der Waals surface area contributed by atoms with Gasteiger partial charge in [0.15, 0.2) is 0 Å². The van der Waals surface area contributed by atoms with E-state index in [1.165, 1.54) is 19.2 Å². The minimum Gasteiger partial charge on any atom is -0.506 e. The first-order valence-electron chi connectivity index (χ1n) is 9.06. The van der Waals surface area contributed by atoms with E-state index in [0.29, 0.717) is 18.5 Å². The van der Waals surface area contributed by atoms with Gasteiger partial charge in [-0.3, -0.25) is 0 Å². The number of nitrogens with one attached hydrogen (secondary N) is 2. The van der Waals surface area contributed by atoms with Crippen LogP contribution >= 0.6 is 11.6 Å². The number of nitrogens with zero attached hydrogens (tertiary/aromatic N) is 2. The monoisotopic (exact) mass is 384 g/mol. The number of halogens is 1. The van der Waals surface area contributed by atoms with Crippen molar-refractivity contribution in [1.82, 2.24) is 15.3 Å². The zero-order valence-electron chi connectivity index (χ0n) is 14.8. The van der Waals surface area contributed by atoms with Crippen LogP contribution in [0.1, 0.15) is 19.3 Å². The Kier molecular flexibility index (Phi) is 5.27. The maximum Gasteiger partial charge on any atom is 0.145 e. The zero-order valence-corrected chi connectivity index (χ0v) is 15.5. The molecule has 1 saturated heterocycles. The Labute approximate surface area is 162 Å². The maximum absolute atomic E-state index is 9.61. The highest BCUT2D eigenvalue weighted by atomic mass is 35.5. The predicted molar refractivity (Wildman–Crippen MR) is 107 cm³/mol. The fourth-order valence-electron chi connectivity index (χ4n) is 3.27. The second-order valence-electron chi connectivity index (χ2n) is 6.62. The van der Waals surface area contributed by atoms with Crippen LogP contribution in [0.25, 0.3) is 10.9 Å². The van der Waals surface area contributed by atoms with Crippen LogP contribution < -0.4 is 15.4 Å². The van der Waals surface area contributed by atoms with Crippen LogP contribution in [0, 0.1) is 0 Å². The molecule has 1 aliphatic rings. The molecule has 0 bridgehead atoms. The average molecular weight is 385 g/mol. The van der Waals surface area contributed by atoms with Gasteiger partial charge >= 0.3 is 0 Å². The molecular formula is C20H21ClN4O2.